The van der Waals surface area contributed by atoms with Crippen LogP contribution < -0.4 is 5.32 Å². The van der Waals surface area contributed by atoms with Crippen LogP contribution in [0.2, 0.25) is 0 Å². The lowest BCUT2D eigenvalue weighted by atomic mass is 9.92. The minimum atomic E-state index is -2.43. The van der Waals surface area contributed by atoms with Crippen molar-refractivity contribution >= 4 is 15.9 Å². The van der Waals surface area contributed by atoms with Crippen LogP contribution >= 0.6 is 15.9 Å². The third-order valence-electron chi connectivity index (χ3n) is 3.48. The van der Waals surface area contributed by atoms with Gasteiger partial charge in [-0.3, -0.25) is 0 Å². The van der Waals surface area contributed by atoms with E-state index in [-0.39, 0.29) is 18.9 Å². The van der Waals surface area contributed by atoms with Gasteiger partial charge in [0.25, 0.3) is 0 Å². The lowest BCUT2D eigenvalue weighted by Crippen LogP contribution is -2.37. The van der Waals surface area contributed by atoms with Gasteiger partial charge in [-0.2, -0.15) is 0 Å². The van der Waals surface area contributed by atoms with Crippen molar-refractivity contribution in [1.29, 1.82) is 0 Å². The van der Waals surface area contributed by atoms with Gasteiger partial charge in [0.05, 0.1) is 0 Å². The maximum absolute atomic E-state index is 13.0. The van der Waals surface area contributed by atoms with Crippen molar-refractivity contribution in [1.82, 2.24) is 5.32 Å². The van der Waals surface area contributed by atoms with Crippen LogP contribution in [0.4, 0.5) is 8.78 Å². The maximum Gasteiger partial charge on any atom is 0.248 e. The number of benzene rings is 1. The summed E-state index contributed by atoms with van der Waals surface area (Å²) in [6.07, 6.45) is 2.19. The summed E-state index contributed by atoms with van der Waals surface area (Å²) < 4.78 is 27.0. The molecule has 0 heterocycles. The molecule has 0 saturated heterocycles. The van der Waals surface area contributed by atoms with Gasteiger partial charge in [-0.25, -0.2) is 8.78 Å². The Morgan fingerprint density at radius 1 is 1.17 bits per heavy atom. The summed E-state index contributed by atoms with van der Waals surface area (Å²) in [6.45, 7) is 0.859. The number of alkyl halides is 2. The Kier molecular flexibility index (Phi) is 4.73. The van der Waals surface area contributed by atoms with Crippen LogP contribution in [-0.4, -0.2) is 18.5 Å². The average molecular weight is 318 g/mol. The molecular weight excluding hydrogens is 300 g/mol. The molecule has 1 nitrogen and oxygen atoms in total. The molecule has 100 valence electrons. The quantitative estimate of drug-likeness (QED) is 0.879. The second-order valence-electron chi connectivity index (χ2n) is 4.96. The molecule has 1 aliphatic carbocycles. The molecule has 0 spiro atoms. The fourth-order valence-corrected chi connectivity index (χ4v) is 2.58. The van der Waals surface area contributed by atoms with Gasteiger partial charge in [-0.05, 0) is 43.5 Å². The normalized spacial score (nSPS) is 19.9. The monoisotopic (exact) mass is 317 g/mol. The first-order valence-corrected chi connectivity index (χ1v) is 7.20. The largest absolute Gasteiger partial charge is 0.314 e. The summed E-state index contributed by atoms with van der Waals surface area (Å²) in [7, 11) is 0. The molecule has 0 bridgehead atoms. The topological polar surface area (TPSA) is 12.0 Å². The predicted molar refractivity (Wildman–Crippen MR) is 73.1 cm³/mol. The van der Waals surface area contributed by atoms with Crippen molar-refractivity contribution in [3.63, 3.8) is 0 Å². The molecule has 1 saturated carbocycles. The van der Waals surface area contributed by atoms with Crippen LogP contribution in [0.3, 0.4) is 0 Å². The maximum atomic E-state index is 13.0. The predicted octanol–water partition coefficient (Wildman–Crippen LogP) is 4.16. The third kappa shape index (κ3) is 4.32. The Morgan fingerprint density at radius 2 is 1.78 bits per heavy atom. The summed E-state index contributed by atoms with van der Waals surface area (Å²) in [4.78, 5) is 0. The molecule has 4 heteroatoms. The molecule has 1 aliphatic rings. The first kappa shape index (κ1) is 13.9. The molecule has 0 atom stereocenters. The van der Waals surface area contributed by atoms with Gasteiger partial charge >= 0.3 is 0 Å². The fourth-order valence-electron chi connectivity index (χ4n) is 2.32. The van der Waals surface area contributed by atoms with Crippen LogP contribution in [0, 0.1) is 0 Å². The van der Waals surface area contributed by atoms with E-state index in [4.69, 9.17) is 0 Å². The van der Waals surface area contributed by atoms with E-state index in [1.54, 1.807) is 0 Å². The van der Waals surface area contributed by atoms with Crippen molar-refractivity contribution in [2.24, 2.45) is 0 Å². The van der Waals surface area contributed by atoms with Crippen molar-refractivity contribution in [3.8, 4) is 0 Å². The number of hydrogen-bond acceptors (Lipinski definition) is 1. The van der Waals surface area contributed by atoms with Gasteiger partial charge in [-0.15, -0.1) is 0 Å². The molecule has 1 N–H and O–H groups in total. The number of nitrogens with one attached hydrogen (secondary N) is 1. The number of rotatable bonds is 4. The Labute approximate surface area is 115 Å². The van der Waals surface area contributed by atoms with Crippen molar-refractivity contribution in [2.45, 2.75) is 44.1 Å². The van der Waals surface area contributed by atoms with Crippen LogP contribution in [0.25, 0.3) is 0 Å². The van der Waals surface area contributed by atoms with Crippen LogP contribution in [0.15, 0.2) is 28.7 Å². The van der Waals surface area contributed by atoms with Crippen molar-refractivity contribution in [3.05, 3.63) is 34.3 Å². The zero-order valence-electron chi connectivity index (χ0n) is 10.3. The molecular formula is C14H18BrF2N. The fraction of sp³-hybridized carbons (Fsp3) is 0.571. The minimum Gasteiger partial charge on any atom is -0.314 e. The molecule has 0 aliphatic heterocycles. The van der Waals surface area contributed by atoms with Crippen LogP contribution in [0.5, 0.6) is 0 Å². The second kappa shape index (κ2) is 6.11. The zero-order chi connectivity index (χ0) is 13.0. The van der Waals surface area contributed by atoms with E-state index in [1.807, 2.05) is 12.1 Å². The Bertz CT molecular complexity index is 368. The smallest absolute Gasteiger partial charge is 0.248 e. The summed E-state index contributed by atoms with van der Waals surface area (Å²) in [5, 5.41) is 3.38. The summed E-state index contributed by atoms with van der Waals surface area (Å²) in [5.41, 5.74) is 1.27. The van der Waals surface area contributed by atoms with E-state index in [2.05, 4.69) is 33.4 Å². The van der Waals surface area contributed by atoms with Crippen LogP contribution in [-0.2, 0) is 6.42 Å². The first-order valence-electron chi connectivity index (χ1n) is 6.41. The lowest BCUT2D eigenvalue weighted by molar-refractivity contribution is -0.0403. The molecule has 1 aromatic carbocycles. The highest BCUT2D eigenvalue weighted by atomic mass is 79.9. The third-order valence-corrected chi connectivity index (χ3v) is 4.01. The summed E-state index contributed by atoms with van der Waals surface area (Å²) >= 11 is 3.40. The Morgan fingerprint density at radius 3 is 2.39 bits per heavy atom. The van der Waals surface area contributed by atoms with Gasteiger partial charge in [0, 0.05) is 23.4 Å². The van der Waals surface area contributed by atoms with Gasteiger partial charge in [0.2, 0.25) is 5.92 Å². The molecule has 1 fully saturated rings. The highest BCUT2D eigenvalue weighted by molar-refractivity contribution is 9.10. The van der Waals surface area contributed by atoms with E-state index < -0.39 is 5.92 Å². The minimum absolute atomic E-state index is 0.0307. The van der Waals surface area contributed by atoms with E-state index in [0.717, 1.165) is 17.4 Å². The van der Waals surface area contributed by atoms with Crippen molar-refractivity contribution < 1.29 is 8.78 Å². The SMILES string of the molecule is FC1(F)CCC(NCCc2ccc(Br)cc2)CC1. The molecule has 0 unspecified atom stereocenters. The van der Waals surface area contributed by atoms with E-state index >= 15 is 0 Å². The highest BCUT2D eigenvalue weighted by Crippen LogP contribution is 2.32. The molecule has 18 heavy (non-hydrogen) atoms. The number of hydrogen-bond donors (Lipinski definition) is 1. The van der Waals surface area contributed by atoms with Gasteiger partial charge < -0.3 is 5.32 Å². The first-order chi connectivity index (χ1) is 8.55. The molecule has 0 aromatic heterocycles. The zero-order valence-corrected chi connectivity index (χ0v) is 11.8. The van der Waals surface area contributed by atoms with Gasteiger partial charge in [0.15, 0.2) is 0 Å². The summed E-state index contributed by atoms with van der Waals surface area (Å²) in [6, 6.07) is 8.48. The molecule has 0 radical (unpaired) electrons. The molecule has 1 aromatic rings. The van der Waals surface area contributed by atoms with Crippen molar-refractivity contribution in [2.75, 3.05) is 6.54 Å². The van der Waals surface area contributed by atoms with E-state index in [9.17, 15) is 8.78 Å². The number of halogens is 3. The van der Waals surface area contributed by atoms with Gasteiger partial charge in [-0.1, -0.05) is 28.1 Å². The van der Waals surface area contributed by atoms with E-state index in [0.29, 0.717) is 12.8 Å². The highest BCUT2D eigenvalue weighted by Gasteiger charge is 2.34. The standard InChI is InChI=1S/C14H18BrF2N/c15-12-3-1-11(2-4-12)7-10-18-13-5-8-14(16,17)9-6-13/h1-4,13,18H,5-10H2. The Hall–Kier alpha value is -0.480. The van der Waals surface area contributed by atoms with Crippen LogP contribution in [0.1, 0.15) is 31.2 Å². The molecule has 0 amide bonds. The molecule has 2 rings (SSSR count). The average Bonchev–Trinajstić information content (AvgIpc) is 2.34. The summed E-state index contributed by atoms with van der Waals surface area (Å²) in [5.74, 6) is -2.43. The van der Waals surface area contributed by atoms with E-state index in [1.165, 1.54) is 5.56 Å². The second-order valence-corrected chi connectivity index (χ2v) is 5.88. The van der Waals surface area contributed by atoms with Gasteiger partial charge in [0.1, 0.15) is 0 Å². The Balaban J connectivity index is 1.68. The lowest BCUT2D eigenvalue weighted by Gasteiger charge is -2.28.